The maximum Gasteiger partial charge on any atom is 0.231 e. The number of rotatable bonds is 6. The number of fused-ring (bicyclic) bond motifs is 2. The van der Waals surface area contributed by atoms with E-state index in [4.69, 9.17) is 15.7 Å². The number of hydrogen-bond acceptors (Lipinski definition) is 7. The number of nitrogens with two attached hydrogens (primary N) is 1. The van der Waals surface area contributed by atoms with E-state index in [1.165, 1.54) is 31.8 Å². The molecule has 5 aromatic rings. The highest BCUT2D eigenvalue weighted by Gasteiger charge is 2.26. The number of nitrogens with zero attached hydrogens (tertiary/aromatic N) is 6. The van der Waals surface area contributed by atoms with Crippen molar-refractivity contribution in [2.45, 2.75) is 59.3 Å². The van der Waals surface area contributed by atoms with Crippen molar-refractivity contribution < 1.29 is 4.79 Å². The van der Waals surface area contributed by atoms with Crippen molar-refractivity contribution in [3.8, 4) is 21.7 Å². The Morgan fingerprint density at radius 1 is 1.10 bits per heavy atom. The number of thiophene rings is 1. The van der Waals surface area contributed by atoms with Gasteiger partial charge in [-0.25, -0.2) is 19.5 Å². The molecule has 0 spiro atoms. The lowest BCUT2D eigenvalue weighted by Gasteiger charge is -2.30. The Bertz CT molecular complexity index is 1690. The summed E-state index contributed by atoms with van der Waals surface area (Å²) in [6.07, 6.45) is 9.52. The summed E-state index contributed by atoms with van der Waals surface area (Å²) in [5.41, 5.74) is 14.6. The molecule has 0 saturated carbocycles. The van der Waals surface area contributed by atoms with Gasteiger partial charge in [-0.15, -0.1) is 11.3 Å². The van der Waals surface area contributed by atoms with Crippen molar-refractivity contribution in [1.29, 1.82) is 0 Å². The Balaban J connectivity index is 1.33. The standard InChI is InChI=1S/C29H34N8OS/c1-15(2)23-24-18(5)26(20-10-31-27(32-11-20)19-6-8-36(9-7-19)13-22(30)38)39-29(24)35-25(23)21-12-37-28(33-14-34-37)17(4)16(21)3/h10-12,14-15,19,35H,6-9,13H2,1-5H3,(H2,30,38). The molecule has 9 nitrogen and oxygen atoms in total. The second-order valence-corrected chi connectivity index (χ2v) is 12.0. The largest absolute Gasteiger partial charge is 0.369 e. The molecule has 0 aromatic carbocycles. The zero-order chi connectivity index (χ0) is 27.4. The maximum absolute atomic E-state index is 11.2. The Kier molecular flexibility index (Phi) is 6.47. The van der Waals surface area contributed by atoms with E-state index in [0.29, 0.717) is 18.4 Å². The molecule has 0 bridgehead atoms. The second-order valence-electron chi connectivity index (χ2n) is 11.0. The average molecular weight is 543 g/mol. The molecule has 0 aliphatic carbocycles. The van der Waals surface area contributed by atoms with Crippen LogP contribution in [-0.2, 0) is 4.79 Å². The predicted octanol–water partition coefficient (Wildman–Crippen LogP) is 5.11. The minimum Gasteiger partial charge on any atom is -0.369 e. The Labute approximate surface area is 231 Å². The lowest BCUT2D eigenvalue weighted by atomic mass is 9.93. The molecule has 1 amide bonds. The van der Waals surface area contributed by atoms with Gasteiger partial charge in [-0.1, -0.05) is 13.8 Å². The molecular formula is C29H34N8OS. The summed E-state index contributed by atoms with van der Waals surface area (Å²) in [6, 6.07) is 0. The van der Waals surface area contributed by atoms with Crippen LogP contribution in [0.1, 0.15) is 66.6 Å². The van der Waals surface area contributed by atoms with Gasteiger partial charge in [-0.3, -0.25) is 9.69 Å². The zero-order valence-corrected chi connectivity index (χ0v) is 23.9. The van der Waals surface area contributed by atoms with Gasteiger partial charge in [0.2, 0.25) is 5.91 Å². The fourth-order valence-electron chi connectivity index (χ4n) is 5.99. The van der Waals surface area contributed by atoms with E-state index in [1.54, 1.807) is 17.7 Å². The normalized spacial score (nSPS) is 15.2. The van der Waals surface area contributed by atoms with E-state index >= 15 is 0 Å². The van der Waals surface area contributed by atoms with E-state index in [-0.39, 0.29) is 5.91 Å². The van der Waals surface area contributed by atoms with Crippen molar-refractivity contribution in [3.05, 3.63) is 53.0 Å². The lowest BCUT2D eigenvalue weighted by Crippen LogP contribution is -2.39. The molecule has 5 aromatic heterocycles. The molecule has 0 atom stereocenters. The number of likely N-dealkylation sites (tertiary alicyclic amines) is 1. The van der Waals surface area contributed by atoms with Crippen molar-refractivity contribution >= 4 is 33.1 Å². The molecular weight excluding hydrogens is 508 g/mol. The number of primary amides is 1. The Morgan fingerprint density at radius 3 is 2.49 bits per heavy atom. The van der Waals surface area contributed by atoms with Crippen LogP contribution in [-0.4, -0.2) is 60.0 Å². The number of pyridine rings is 1. The maximum atomic E-state index is 11.2. The number of aryl methyl sites for hydroxylation is 2. The second kappa shape index (κ2) is 9.84. The number of hydrogen-bond donors (Lipinski definition) is 2. The number of carbonyl (C=O) groups excluding carboxylic acids is 1. The van der Waals surface area contributed by atoms with Crippen LogP contribution < -0.4 is 5.73 Å². The molecule has 6 heterocycles. The SMILES string of the molecule is Cc1c(-c2[nH]c3sc(-c4cnc(C5CCN(CC(N)=O)CC5)nc4)c(C)c3c2C(C)C)cn2ncnc2c1C. The van der Waals surface area contributed by atoms with Gasteiger partial charge in [0.15, 0.2) is 5.65 Å². The summed E-state index contributed by atoms with van der Waals surface area (Å²) in [7, 11) is 0. The minimum absolute atomic E-state index is 0.272. The number of piperidine rings is 1. The third-order valence-electron chi connectivity index (χ3n) is 8.16. The van der Waals surface area contributed by atoms with Crippen molar-refractivity contribution in [3.63, 3.8) is 0 Å². The number of H-pyrrole nitrogens is 1. The fourth-order valence-corrected chi connectivity index (χ4v) is 7.19. The monoisotopic (exact) mass is 542 g/mol. The minimum atomic E-state index is -0.272. The summed E-state index contributed by atoms with van der Waals surface area (Å²) >= 11 is 1.77. The van der Waals surface area contributed by atoms with E-state index in [2.05, 4.69) is 60.8 Å². The molecule has 3 N–H and O–H groups in total. The van der Waals surface area contributed by atoms with Crippen LogP contribution in [0, 0.1) is 20.8 Å². The summed E-state index contributed by atoms with van der Waals surface area (Å²) < 4.78 is 1.87. The van der Waals surface area contributed by atoms with Crippen LogP contribution >= 0.6 is 11.3 Å². The molecule has 10 heteroatoms. The third kappa shape index (κ3) is 4.41. The van der Waals surface area contributed by atoms with Gasteiger partial charge < -0.3 is 10.7 Å². The van der Waals surface area contributed by atoms with Gasteiger partial charge in [0, 0.05) is 45.9 Å². The van der Waals surface area contributed by atoms with Crippen molar-refractivity contribution in [2.75, 3.05) is 19.6 Å². The Hall–Kier alpha value is -3.63. The number of aromatic amines is 1. The molecule has 0 radical (unpaired) electrons. The number of aromatic nitrogens is 6. The summed E-state index contributed by atoms with van der Waals surface area (Å²) in [6.45, 7) is 13.0. The first kappa shape index (κ1) is 25.6. The Morgan fingerprint density at radius 2 is 1.82 bits per heavy atom. The van der Waals surface area contributed by atoms with Gasteiger partial charge in [0.05, 0.1) is 12.2 Å². The van der Waals surface area contributed by atoms with E-state index in [0.717, 1.165) is 59.8 Å². The highest BCUT2D eigenvalue weighted by atomic mass is 32.1. The molecule has 202 valence electrons. The molecule has 1 fully saturated rings. The van der Waals surface area contributed by atoms with Gasteiger partial charge in [0.1, 0.15) is 17.0 Å². The molecule has 6 rings (SSSR count). The zero-order valence-electron chi connectivity index (χ0n) is 23.1. The van der Waals surface area contributed by atoms with E-state index in [9.17, 15) is 4.79 Å². The fraction of sp³-hybridized carbons (Fsp3) is 0.414. The van der Waals surface area contributed by atoms with Gasteiger partial charge in [-0.2, -0.15) is 5.10 Å². The molecule has 1 saturated heterocycles. The van der Waals surface area contributed by atoms with E-state index in [1.807, 2.05) is 16.9 Å². The van der Waals surface area contributed by atoms with Gasteiger partial charge >= 0.3 is 0 Å². The average Bonchev–Trinajstić information content (AvgIpc) is 3.61. The topological polar surface area (TPSA) is 118 Å². The van der Waals surface area contributed by atoms with Crippen molar-refractivity contribution in [1.82, 2.24) is 34.4 Å². The number of nitrogens with one attached hydrogen (secondary N) is 1. The van der Waals surface area contributed by atoms with E-state index < -0.39 is 0 Å². The predicted molar refractivity (Wildman–Crippen MR) is 155 cm³/mol. The number of amides is 1. The summed E-state index contributed by atoms with van der Waals surface area (Å²) in [5.74, 6) is 1.26. The van der Waals surface area contributed by atoms with Gasteiger partial charge in [0.25, 0.3) is 0 Å². The van der Waals surface area contributed by atoms with Crippen LogP contribution in [0.4, 0.5) is 0 Å². The molecule has 1 aliphatic heterocycles. The van der Waals surface area contributed by atoms with Crippen LogP contribution in [0.3, 0.4) is 0 Å². The van der Waals surface area contributed by atoms with Crippen LogP contribution in [0.2, 0.25) is 0 Å². The summed E-state index contributed by atoms with van der Waals surface area (Å²) in [5, 5.41) is 5.70. The quantitative estimate of drug-likeness (QED) is 0.308. The third-order valence-corrected chi connectivity index (χ3v) is 9.42. The smallest absolute Gasteiger partial charge is 0.231 e. The van der Waals surface area contributed by atoms with Crippen molar-refractivity contribution in [2.24, 2.45) is 5.73 Å². The van der Waals surface area contributed by atoms with Crippen LogP contribution in [0.15, 0.2) is 24.9 Å². The molecule has 1 aliphatic rings. The van der Waals surface area contributed by atoms with Gasteiger partial charge in [-0.05, 0) is 74.9 Å². The first-order valence-corrected chi connectivity index (χ1v) is 14.3. The molecule has 39 heavy (non-hydrogen) atoms. The lowest BCUT2D eigenvalue weighted by molar-refractivity contribution is -0.119. The molecule has 0 unspecified atom stereocenters. The highest BCUT2D eigenvalue weighted by Crippen LogP contribution is 2.46. The van der Waals surface area contributed by atoms with Crippen LogP contribution in [0.25, 0.3) is 37.6 Å². The summed E-state index contributed by atoms with van der Waals surface area (Å²) in [4.78, 5) is 33.5. The first-order valence-electron chi connectivity index (χ1n) is 13.5. The number of carbonyl (C=O) groups is 1. The highest BCUT2D eigenvalue weighted by molar-refractivity contribution is 7.22. The first-order chi connectivity index (χ1) is 18.7. The van der Waals surface area contributed by atoms with Crippen LogP contribution in [0.5, 0.6) is 0 Å².